The van der Waals surface area contributed by atoms with Gasteiger partial charge in [0.25, 0.3) is 0 Å². The molecule has 1 rings (SSSR count). The van der Waals surface area contributed by atoms with Crippen LogP contribution in [0.4, 0.5) is 0 Å². The first-order valence-electron chi connectivity index (χ1n) is 10.6. The third-order valence-electron chi connectivity index (χ3n) is 4.98. The lowest BCUT2D eigenvalue weighted by Crippen LogP contribution is -2.49. The number of rotatable bonds is 11. The molecule has 1 fully saturated rings. The van der Waals surface area contributed by atoms with Crippen LogP contribution in [0.25, 0.3) is 0 Å². The quantitative estimate of drug-likeness (QED) is 0.373. The number of nitrogens with zero attached hydrogens (tertiary/aromatic N) is 2. The minimum absolute atomic E-state index is 0.0663. The van der Waals surface area contributed by atoms with Gasteiger partial charge >= 0.3 is 0 Å². The van der Waals surface area contributed by atoms with Crippen LogP contribution in [0.1, 0.15) is 53.9 Å². The van der Waals surface area contributed by atoms with Gasteiger partial charge in [0.15, 0.2) is 5.96 Å². The van der Waals surface area contributed by atoms with Gasteiger partial charge in [0, 0.05) is 44.7 Å². The third kappa shape index (κ3) is 9.42. The van der Waals surface area contributed by atoms with Crippen molar-refractivity contribution in [1.82, 2.24) is 20.9 Å². The van der Waals surface area contributed by atoms with E-state index in [4.69, 9.17) is 9.73 Å². The highest BCUT2D eigenvalue weighted by molar-refractivity contribution is 5.81. The number of aliphatic imine (C=N–C) groups is 1. The van der Waals surface area contributed by atoms with E-state index in [9.17, 15) is 4.79 Å². The van der Waals surface area contributed by atoms with Crippen molar-refractivity contribution < 1.29 is 9.53 Å². The molecule has 0 aromatic carbocycles. The van der Waals surface area contributed by atoms with Gasteiger partial charge in [-0.15, -0.1) is 0 Å². The van der Waals surface area contributed by atoms with Crippen molar-refractivity contribution in [3.63, 3.8) is 0 Å². The van der Waals surface area contributed by atoms with E-state index in [1.54, 1.807) is 0 Å². The predicted molar refractivity (Wildman–Crippen MR) is 112 cm³/mol. The zero-order valence-electron chi connectivity index (χ0n) is 18.0. The van der Waals surface area contributed by atoms with Gasteiger partial charge in [-0.3, -0.25) is 14.7 Å². The van der Waals surface area contributed by atoms with Gasteiger partial charge in [0.2, 0.25) is 5.91 Å². The first-order chi connectivity index (χ1) is 13.0. The second-order valence-electron chi connectivity index (χ2n) is 7.41. The number of carbonyl (C=O) groups is 1. The van der Waals surface area contributed by atoms with E-state index in [1.807, 2.05) is 13.8 Å². The first kappa shape index (κ1) is 23.7. The number of morpholine rings is 1. The zero-order valence-corrected chi connectivity index (χ0v) is 18.0. The van der Waals surface area contributed by atoms with Crippen molar-refractivity contribution in [3.05, 3.63) is 0 Å². The summed E-state index contributed by atoms with van der Waals surface area (Å²) in [6.45, 7) is 16.3. The van der Waals surface area contributed by atoms with Crippen LogP contribution in [0, 0.1) is 5.92 Å². The molecular weight excluding hydrogens is 342 g/mol. The van der Waals surface area contributed by atoms with Gasteiger partial charge in [0.1, 0.15) is 0 Å². The van der Waals surface area contributed by atoms with Gasteiger partial charge in [-0.25, -0.2) is 0 Å². The average Bonchev–Trinajstić information content (AvgIpc) is 2.65. The van der Waals surface area contributed by atoms with Gasteiger partial charge in [-0.05, 0) is 26.7 Å². The van der Waals surface area contributed by atoms with Crippen molar-refractivity contribution in [2.45, 2.75) is 66.0 Å². The van der Waals surface area contributed by atoms with Crippen LogP contribution in [-0.2, 0) is 9.53 Å². The molecule has 1 unspecified atom stereocenters. The molecule has 0 aromatic rings. The molecule has 1 atom stereocenters. The molecule has 7 nitrogen and oxygen atoms in total. The standard InChI is InChI=1S/C20H41N5O2/c1-6-17(7-2)18(25-11-13-27-14-12-25)15-23-20(21-8-3)22-10-9-19(26)24-16(4)5/h16-18H,6-15H2,1-5H3,(H,24,26)(H2,21,22,23). The van der Waals surface area contributed by atoms with Crippen LogP contribution in [0.5, 0.6) is 0 Å². The van der Waals surface area contributed by atoms with Gasteiger partial charge < -0.3 is 20.7 Å². The summed E-state index contributed by atoms with van der Waals surface area (Å²) in [5.74, 6) is 1.49. The molecule has 3 N–H and O–H groups in total. The fourth-order valence-electron chi connectivity index (χ4n) is 3.52. The number of ether oxygens (including phenoxy) is 1. The molecule has 1 aliphatic rings. The summed E-state index contributed by atoms with van der Waals surface area (Å²) in [5.41, 5.74) is 0. The monoisotopic (exact) mass is 383 g/mol. The second kappa shape index (κ2) is 13.8. The molecule has 0 spiro atoms. The Hall–Kier alpha value is -1.34. The van der Waals surface area contributed by atoms with E-state index in [1.165, 1.54) is 0 Å². The zero-order chi connectivity index (χ0) is 20.1. The second-order valence-corrected chi connectivity index (χ2v) is 7.41. The van der Waals surface area contributed by atoms with Crippen molar-refractivity contribution in [3.8, 4) is 0 Å². The number of nitrogens with one attached hydrogen (secondary N) is 3. The van der Waals surface area contributed by atoms with E-state index in [0.717, 1.165) is 58.2 Å². The average molecular weight is 384 g/mol. The molecule has 27 heavy (non-hydrogen) atoms. The molecule has 0 radical (unpaired) electrons. The number of guanidine groups is 1. The normalized spacial score (nSPS) is 17.2. The van der Waals surface area contributed by atoms with Crippen LogP contribution >= 0.6 is 0 Å². The lowest BCUT2D eigenvalue weighted by molar-refractivity contribution is -0.121. The fourth-order valence-corrected chi connectivity index (χ4v) is 3.52. The van der Waals surface area contributed by atoms with Crippen molar-refractivity contribution in [2.24, 2.45) is 10.9 Å². The van der Waals surface area contributed by atoms with Gasteiger partial charge in [0.05, 0.1) is 19.8 Å². The summed E-state index contributed by atoms with van der Waals surface area (Å²) < 4.78 is 5.52. The third-order valence-corrected chi connectivity index (χ3v) is 4.98. The van der Waals surface area contributed by atoms with Crippen molar-refractivity contribution in [1.29, 1.82) is 0 Å². The smallest absolute Gasteiger partial charge is 0.221 e. The maximum absolute atomic E-state index is 11.8. The minimum atomic E-state index is 0.0663. The van der Waals surface area contributed by atoms with E-state index in [-0.39, 0.29) is 11.9 Å². The summed E-state index contributed by atoms with van der Waals surface area (Å²) in [7, 11) is 0. The maximum Gasteiger partial charge on any atom is 0.221 e. The van der Waals surface area contributed by atoms with Crippen LogP contribution < -0.4 is 16.0 Å². The highest BCUT2D eigenvalue weighted by Gasteiger charge is 2.26. The molecule has 0 aliphatic carbocycles. The molecule has 158 valence electrons. The summed E-state index contributed by atoms with van der Waals surface area (Å²) in [6, 6.07) is 0.609. The number of hydrogen-bond donors (Lipinski definition) is 3. The Kier molecular flexibility index (Phi) is 12.1. The number of amides is 1. The SMILES string of the molecule is CCNC(=NCC(C(CC)CC)N1CCOCC1)NCCC(=O)NC(C)C. The van der Waals surface area contributed by atoms with Crippen LogP contribution in [0.3, 0.4) is 0 Å². The predicted octanol–water partition coefficient (Wildman–Crippen LogP) is 1.59. The maximum atomic E-state index is 11.8. The highest BCUT2D eigenvalue weighted by Crippen LogP contribution is 2.20. The summed E-state index contributed by atoms with van der Waals surface area (Å²) in [5, 5.41) is 9.50. The summed E-state index contributed by atoms with van der Waals surface area (Å²) in [4.78, 5) is 19.2. The number of carbonyl (C=O) groups excluding carboxylic acids is 1. The summed E-state index contributed by atoms with van der Waals surface area (Å²) >= 11 is 0. The Balaban J connectivity index is 2.65. The minimum Gasteiger partial charge on any atom is -0.379 e. The molecule has 1 aliphatic heterocycles. The Morgan fingerprint density at radius 1 is 1.11 bits per heavy atom. The topological polar surface area (TPSA) is 78.0 Å². The molecule has 1 amide bonds. The first-order valence-corrected chi connectivity index (χ1v) is 10.6. The van der Waals surface area contributed by atoms with Gasteiger partial charge in [-0.2, -0.15) is 0 Å². The molecule has 1 heterocycles. The van der Waals surface area contributed by atoms with Gasteiger partial charge in [-0.1, -0.05) is 26.7 Å². The molecule has 0 aromatic heterocycles. The Morgan fingerprint density at radius 3 is 2.33 bits per heavy atom. The molecule has 1 saturated heterocycles. The van der Waals surface area contributed by atoms with Crippen LogP contribution in [0.2, 0.25) is 0 Å². The number of hydrogen-bond acceptors (Lipinski definition) is 4. The molecule has 0 bridgehead atoms. The lowest BCUT2D eigenvalue weighted by atomic mass is 9.92. The Morgan fingerprint density at radius 2 is 1.78 bits per heavy atom. The molecule has 7 heteroatoms. The Bertz CT molecular complexity index is 432. The highest BCUT2D eigenvalue weighted by atomic mass is 16.5. The van der Waals surface area contributed by atoms with Crippen LogP contribution in [0.15, 0.2) is 4.99 Å². The summed E-state index contributed by atoms with van der Waals surface area (Å²) in [6.07, 6.45) is 2.77. The van der Waals surface area contributed by atoms with E-state index in [2.05, 4.69) is 41.6 Å². The van der Waals surface area contributed by atoms with Crippen LogP contribution in [-0.4, -0.2) is 74.8 Å². The van der Waals surface area contributed by atoms with E-state index in [0.29, 0.717) is 24.9 Å². The van der Waals surface area contributed by atoms with E-state index < -0.39 is 0 Å². The van der Waals surface area contributed by atoms with E-state index >= 15 is 0 Å². The lowest BCUT2D eigenvalue weighted by Gasteiger charge is -2.38. The van der Waals surface area contributed by atoms with Crippen molar-refractivity contribution in [2.75, 3.05) is 45.9 Å². The fraction of sp³-hybridized carbons (Fsp3) is 0.900. The largest absolute Gasteiger partial charge is 0.379 e. The van der Waals surface area contributed by atoms with Crippen molar-refractivity contribution >= 4 is 11.9 Å². The molecular formula is C20H41N5O2. The Labute approximate surface area is 165 Å². The molecule has 0 saturated carbocycles.